The van der Waals surface area contributed by atoms with Gasteiger partial charge in [-0.05, 0) is 25.8 Å². The molecule has 1 aromatic carbocycles. The van der Waals surface area contributed by atoms with Gasteiger partial charge in [-0.3, -0.25) is 4.79 Å². The molecule has 15 heavy (non-hydrogen) atoms. The van der Waals surface area contributed by atoms with Crippen molar-refractivity contribution in [3.05, 3.63) is 35.1 Å². The normalized spacial score (nSPS) is 15.1. The van der Waals surface area contributed by atoms with Gasteiger partial charge in [0.1, 0.15) is 5.82 Å². The molecule has 0 bridgehead atoms. The van der Waals surface area contributed by atoms with Gasteiger partial charge in [0.05, 0.1) is 0 Å². The Morgan fingerprint density at radius 3 is 2.60 bits per heavy atom. The number of rotatable bonds is 3. The molecule has 0 atom stereocenters. The first kappa shape index (κ1) is 10.4. The summed E-state index contributed by atoms with van der Waals surface area (Å²) in [5, 5.41) is 0. The predicted octanol–water partition coefficient (Wildman–Crippen LogP) is 3.16. The van der Waals surface area contributed by atoms with E-state index in [-0.39, 0.29) is 11.7 Å². The van der Waals surface area contributed by atoms with Gasteiger partial charge < -0.3 is 0 Å². The highest BCUT2D eigenvalue weighted by Crippen LogP contribution is 2.32. The first-order valence-corrected chi connectivity index (χ1v) is 5.35. The largest absolute Gasteiger partial charge is 0.294 e. The third kappa shape index (κ3) is 2.12. The van der Waals surface area contributed by atoms with Crippen LogP contribution in [0.25, 0.3) is 0 Å². The second kappa shape index (κ2) is 3.81. The van der Waals surface area contributed by atoms with E-state index in [0.717, 1.165) is 12.8 Å². The minimum absolute atomic E-state index is 0.0578. The van der Waals surface area contributed by atoms with Crippen molar-refractivity contribution >= 4 is 22.9 Å². The Hall–Kier alpha value is -1.09. The standard InChI is InChI=1S/C12H11FOS/c1-7(15)10-5-4-9(6-11(10)13)12(14)8-2-3-8/h4-6,8H,2-3H2,1H3. The SMILES string of the molecule is CC(=S)c1ccc(C(=O)C2CC2)cc1F. The van der Waals surface area contributed by atoms with Gasteiger partial charge in [-0.15, -0.1) is 0 Å². The van der Waals surface area contributed by atoms with E-state index in [1.165, 1.54) is 6.07 Å². The molecule has 0 amide bonds. The molecule has 1 saturated carbocycles. The van der Waals surface area contributed by atoms with E-state index in [4.69, 9.17) is 12.2 Å². The molecule has 1 aromatic rings. The lowest BCUT2D eigenvalue weighted by molar-refractivity contribution is 0.0967. The second-order valence-electron chi connectivity index (χ2n) is 3.89. The molecule has 2 rings (SSSR count). The average molecular weight is 222 g/mol. The maximum Gasteiger partial charge on any atom is 0.166 e. The fourth-order valence-corrected chi connectivity index (χ4v) is 1.70. The molecule has 1 aliphatic carbocycles. The van der Waals surface area contributed by atoms with Crippen LogP contribution in [0.1, 0.15) is 35.7 Å². The van der Waals surface area contributed by atoms with Gasteiger partial charge in [0.15, 0.2) is 5.78 Å². The Bertz CT molecular complexity index is 435. The second-order valence-corrected chi connectivity index (χ2v) is 4.50. The van der Waals surface area contributed by atoms with Gasteiger partial charge >= 0.3 is 0 Å². The monoisotopic (exact) mass is 222 g/mol. The van der Waals surface area contributed by atoms with Gasteiger partial charge in [-0.25, -0.2) is 4.39 Å². The summed E-state index contributed by atoms with van der Waals surface area (Å²) in [6, 6.07) is 4.55. The number of ketones is 1. The summed E-state index contributed by atoms with van der Waals surface area (Å²) < 4.78 is 13.5. The lowest BCUT2D eigenvalue weighted by atomic mass is 10.0. The van der Waals surface area contributed by atoms with Crippen LogP contribution in [-0.2, 0) is 0 Å². The van der Waals surface area contributed by atoms with Crippen LogP contribution in [0.2, 0.25) is 0 Å². The summed E-state index contributed by atoms with van der Waals surface area (Å²) in [7, 11) is 0. The van der Waals surface area contributed by atoms with Gasteiger partial charge in [0.2, 0.25) is 0 Å². The Morgan fingerprint density at radius 2 is 2.13 bits per heavy atom. The van der Waals surface area contributed by atoms with Crippen molar-refractivity contribution in [3.63, 3.8) is 0 Å². The van der Waals surface area contributed by atoms with Crippen molar-refractivity contribution in [2.45, 2.75) is 19.8 Å². The lowest BCUT2D eigenvalue weighted by Gasteiger charge is -2.03. The number of thiocarbonyl (C=S) groups is 1. The predicted molar refractivity (Wildman–Crippen MR) is 60.8 cm³/mol. The molecule has 0 N–H and O–H groups in total. The van der Waals surface area contributed by atoms with E-state index < -0.39 is 5.82 Å². The van der Waals surface area contributed by atoms with E-state index in [1.807, 2.05) is 0 Å². The topological polar surface area (TPSA) is 17.1 Å². The summed E-state index contributed by atoms with van der Waals surface area (Å²) in [5.74, 6) is -0.208. The quantitative estimate of drug-likeness (QED) is 0.577. The van der Waals surface area contributed by atoms with Crippen LogP contribution in [0.3, 0.4) is 0 Å². The molecule has 78 valence electrons. The van der Waals surface area contributed by atoms with Crippen LogP contribution in [-0.4, -0.2) is 10.6 Å². The zero-order valence-corrected chi connectivity index (χ0v) is 9.23. The van der Waals surface area contributed by atoms with E-state index >= 15 is 0 Å². The number of carbonyl (C=O) groups is 1. The summed E-state index contributed by atoms with van der Waals surface area (Å²) in [4.78, 5) is 12.2. The third-order valence-electron chi connectivity index (χ3n) is 2.58. The Kier molecular flexibility index (Phi) is 2.65. The third-order valence-corrected chi connectivity index (χ3v) is 2.80. The van der Waals surface area contributed by atoms with Crippen molar-refractivity contribution in [2.75, 3.05) is 0 Å². The van der Waals surface area contributed by atoms with Crippen LogP contribution in [0.15, 0.2) is 18.2 Å². The number of halogens is 1. The lowest BCUT2D eigenvalue weighted by Crippen LogP contribution is -2.04. The Labute approximate surface area is 93.3 Å². The molecule has 0 aliphatic heterocycles. The zero-order chi connectivity index (χ0) is 11.0. The number of hydrogen-bond acceptors (Lipinski definition) is 2. The molecule has 0 aromatic heterocycles. The fraction of sp³-hybridized carbons (Fsp3) is 0.333. The number of carbonyl (C=O) groups excluding carboxylic acids is 1. The summed E-state index contributed by atoms with van der Waals surface area (Å²) >= 11 is 4.90. The van der Waals surface area contributed by atoms with E-state index in [9.17, 15) is 9.18 Å². The van der Waals surface area contributed by atoms with Crippen molar-refractivity contribution in [1.82, 2.24) is 0 Å². The van der Waals surface area contributed by atoms with Crippen molar-refractivity contribution in [2.24, 2.45) is 5.92 Å². The molecular formula is C12H11FOS. The molecule has 1 aliphatic rings. The fourth-order valence-electron chi connectivity index (χ4n) is 1.54. The first-order chi connectivity index (χ1) is 7.09. The minimum atomic E-state index is -0.394. The highest BCUT2D eigenvalue weighted by molar-refractivity contribution is 7.80. The minimum Gasteiger partial charge on any atom is -0.294 e. The molecule has 0 saturated heterocycles. The van der Waals surface area contributed by atoms with Crippen molar-refractivity contribution < 1.29 is 9.18 Å². The molecule has 0 radical (unpaired) electrons. The maximum absolute atomic E-state index is 13.5. The summed E-state index contributed by atoms with van der Waals surface area (Å²) in [6.45, 7) is 1.68. The van der Waals surface area contributed by atoms with E-state index in [2.05, 4.69) is 0 Å². The molecule has 1 nitrogen and oxygen atoms in total. The molecule has 3 heteroatoms. The molecule has 0 unspecified atom stereocenters. The van der Waals surface area contributed by atoms with Crippen molar-refractivity contribution in [1.29, 1.82) is 0 Å². The number of Topliss-reactive ketones (excluding diaryl/α,β-unsaturated/α-hetero) is 1. The van der Waals surface area contributed by atoms with Crippen LogP contribution in [0.5, 0.6) is 0 Å². The summed E-state index contributed by atoms with van der Waals surface area (Å²) in [6.07, 6.45) is 1.88. The Balaban J connectivity index is 2.32. The zero-order valence-electron chi connectivity index (χ0n) is 8.42. The molecule has 0 heterocycles. The summed E-state index contributed by atoms with van der Waals surface area (Å²) in [5.41, 5.74) is 0.882. The van der Waals surface area contributed by atoms with Crippen LogP contribution >= 0.6 is 12.2 Å². The highest BCUT2D eigenvalue weighted by atomic mass is 32.1. The van der Waals surface area contributed by atoms with Gasteiger partial charge in [0.25, 0.3) is 0 Å². The maximum atomic E-state index is 13.5. The van der Waals surface area contributed by atoms with Crippen LogP contribution in [0, 0.1) is 11.7 Å². The van der Waals surface area contributed by atoms with Gasteiger partial charge in [-0.1, -0.05) is 24.4 Å². The van der Waals surface area contributed by atoms with Crippen LogP contribution < -0.4 is 0 Å². The first-order valence-electron chi connectivity index (χ1n) is 4.94. The van der Waals surface area contributed by atoms with Gasteiger partial charge in [0, 0.05) is 21.9 Å². The van der Waals surface area contributed by atoms with Crippen LogP contribution in [0.4, 0.5) is 4.39 Å². The van der Waals surface area contributed by atoms with Crippen molar-refractivity contribution in [3.8, 4) is 0 Å². The highest BCUT2D eigenvalue weighted by Gasteiger charge is 2.30. The number of hydrogen-bond donors (Lipinski definition) is 0. The smallest absolute Gasteiger partial charge is 0.166 e. The van der Waals surface area contributed by atoms with E-state index in [0.29, 0.717) is 16.0 Å². The number of benzene rings is 1. The van der Waals surface area contributed by atoms with E-state index in [1.54, 1.807) is 19.1 Å². The molecule has 0 spiro atoms. The van der Waals surface area contributed by atoms with Gasteiger partial charge in [-0.2, -0.15) is 0 Å². The molecule has 1 fully saturated rings. The average Bonchev–Trinajstić information content (AvgIpc) is 2.99. The Morgan fingerprint density at radius 1 is 1.47 bits per heavy atom. The molecular weight excluding hydrogens is 211 g/mol.